The Bertz CT molecular complexity index is 312. The highest BCUT2D eigenvalue weighted by molar-refractivity contribution is 14.1. The van der Waals surface area contributed by atoms with Crippen molar-refractivity contribution in [2.24, 2.45) is 0 Å². The van der Waals surface area contributed by atoms with E-state index in [4.69, 9.17) is 4.74 Å². The standard InChI is InChI=1S/C16H25IO/c1-2-3-4-5-6-7-8-9-13-18-16-12-10-11-15(17)14-16/h10-12,14H,2-9,13H2,1H3. The number of halogens is 1. The van der Waals surface area contributed by atoms with Crippen molar-refractivity contribution in [3.8, 4) is 5.75 Å². The van der Waals surface area contributed by atoms with Gasteiger partial charge in [-0.2, -0.15) is 0 Å². The van der Waals surface area contributed by atoms with Gasteiger partial charge in [-0.05, 0) is 47.2 Å². The average molecular weight is 360 g/mol. The summed E-state index contributed by atoms with van der Waals surface area (Å²) in [6.07, 6.45) is 10.8. The number of unbranched alkanes of at least 4 members (excludes halogenated alkanes) is 7. The summed E-state index contributed by atoms with van der Waals surface area (Å²) in [5, 5.41) is 0. The van der Waals surface area contributed by atoms with Crippen molar-refractivity contribution in [2.75, 3.05) is 6.61 Å². The van der Waals surface area contributed by atoms with Gasteiger partial charge in [-0.15, -0.1) is 0 Å². The molecule has 0 unspecified atom stereocenters. The summed E-state index contributed by atoms with van der Waals surface area (Å²) in [5.74, 6) is 1.00. The number of ether oxygens (including phenoxy) is 1. The van der Waals surface area contributed by atoms with Crippen LogP contribution < -0.4 is 4.74 Å². The molecule has 0 atom stereocenters. The summed E-state index contributed by atoms with van der Waals surface area (Å²) < 4.78 is 6.96. The molecule has 1 aromatic rings. The quantitative estimate of drug-likeness (QED) is 0.378. The van der Waals surface area contributed by atoms with Crippen LogP contribution in [0.3, 0.4) is 0 Å². The summed E-state index contributed by atoms with van der Waals surface area (Å²) in [6.45, 7) is 3.12. The second-order valence-electron chi connectivity index (χ2n) is 4.78. The van der Waals surface area contributed by atoms with Crippen molar-refractivity contribution in [2.45, 2.75) is 58.3 Å². The lowest BCUT2D eigenvalue weighted by molar-refractivity contribution is 0.304. The van der Waals surface area contributed by atoms with Gasteiger partial charge in [-0.25, -0.2) is 0 Å². The van der Waals surface area contributed by atoms with Crippen LogP contribution in [0, 0.1) is 3.57 Å². The van der Waals surface area contributed by atoms with Crippen LogP contribution in [0.2, 0.25) is 0 Å². The maximum Gasteiger partial charge on any atom is 0.120 e. The maximum absolute atomic E-state index is 5.73. The Labute approximate surface area is 125 Å². The molecule has 0 aliphatic carbocycles. The summed E-state index contributed by atoms with van der Waals surface area (Å²) in [7, 11) is 0. The first-order valence-electron chi connectivity index (χ1n) is 7.21. The largest absolute Gasteiger partial charge is 0.494 e. The van der Waals surface area contributed by atoms with E-state index < -0.39 is 0 Å². The lowest BCUT2D eigenvalue weighted by Crippen LogP contribution is -1.97. The zero-order valence-electron chi connectivity index (χ0n) is 11.5. The predicted molar refractivity (Wildman–Crippen MR) is 87.3 cm³/mol. The van der Waals surface area contributed by atoms with E-state index in [-0.39, 0.29) is 0 Å². The molecule has 1 rings (SSSR count). The molecule has 1 aromatic carbocycles. The molecule has 0 aliphatic heterocycles. The van der Waals surface area contributed by atoms with Crippen LogP contribution in [0.1, 0.15) is 58.3 Å². The fourth-order valence-corrected chi connectivity index (χ4v) is 2.50. The molecule has 0 spiro atoms. The van der Waals surface area contributed by atoms with E-state index in [0.29, 0.717) is 0 Å². The van der Waals surface area contributed by atoms with E-state index in [2.05, 4.69) is 41.6 Å². The lowest BCUT2D eigenvalue weighted by atomic mass is 10.1. The van der Waals surface area contributed by atoms with E-state index in [1.165, 1.54) is 54.9 Å². The lowest BCUT2D eigenvalue weighted by Gasteiger charge is -2.06. The molecule has 0 saturated heterocycles. The van der Waals surface area contributed by atoms with Crippen LogP contribution in [0.25, 0.3) is 0 Å². The first kappa shape index (κ1) is 15.8. The fourth-order valence-electron chi connectivity index (χ4n) is 1.98. The van der Waals surface area contributed by atoms with Crippen molar-refractivity contribution < 1.29 is 4.74 Å². The van der Waals surface area contributed by atoms with Gasteiger partial charge in [0.25, 0.3) is 0 Å². The summed E-state index contributed by atoms with van der Waals surface area (Å²) in [6, 6.07) is 8.26. The Kier molecular flexibility index (Phi) is 9.35. The van der Waals surface area contributed by atoms with Crippen molar-refractivity contribution in [1.29, 1.82) is 0 Å². The molecular formula is C16H25IO. The molecule has 0 radical (unpaired) electrons. The van der Waals surface area contributed by atoms with Crippen molar-refractivity contribution >= 4 is 22.6 Å². The van der Waals surface area contributed by atoms with E-state index in [1.807, 2.05) is 12.1 Å². The minimum Gasteiger partial charge on any atom is -0.494 e. The van der Waals surface area contributed by atoms with Gasteiger partial charge >= 0.3 is 0 Å². The van der Waals surface area contributed by atoms with Gasteiger partial charge in [0, 0.05) is 3.57 Å². The number of hydrogen-bond acceptors (Lipinski definition) is 1. The third-order valence-corrected chi connectivity index (χ3v) is 3.73. The molecule has 0 bridgehead atoms. The van der Waals surface area contributed by atoms with Crippen LogP contribution in [0.4, 0.5) is 0 Å². The highest BCUT2D eigenvalue weighted by Crippen LogP contribution is 2.15. The molecule has 0 amide bonds. The summed E-state index contributed by atoms with van der Waals surface area (Å²) in [4.78, 5) is 0. The van der Waals surface area contributed by atoms with Gasteiger partial charge in [0.2, 0.25) is 0 Å². The van der Waals surface area contributed by atoms with Gasteiger partial charge in [0.15, 0.2) is 0 Å². The third kappa shape index (κ3) is 7.96. The first-order valence-corrected chi connectivity index (χ1v) is 8.29. The molecule has 0 aromatic heterocycles. The van der Waals surface area contributed by atoms with Crippen LogP contribution >= 0.6 is 22.6 Å². The Morgan fingerprint density at radius 1 is 0.944 bits per heavy atom. The van der Waals surface area contributed by atoms with E-state index in [9.17, 15) is 0 Å². The molecule has 0 saturated carbocycles. The molecule has 0 N–H and O–H groups in total. The first-order chi connectivity index (χ1) is 8.83. The van der Waals surface area contributed by atoms with Crippen LogP contribution in [-0.2, 0) is 0 Å². The SMILES string of the molecule is CCCCCCCCCCOc1cccc(I)c1. The van der Waals surface area contributed by atoms with Gasteiger partial charge in [-0.1, -0.05) is 57.9 Å². The topological polar surface area (TPSA) is 9.23 Å². The van der Waals surface area contributed by atoms with Crippen molar-refractivity contribution in [1.82, 2.24) is 0 Å². The number of hydrogen-bond donors (Lipinski definition) is 0. The van der Waals surface area contributed by atoms with Crippen LogP contribution in [-0.4, -0.2) is 6.61 Å². The third-order valence-electron chi connectivity index (χ3n) is 3.06. The Hall–Kier alpha value is -0.250. The predicted octanol–water partition coefficient (Wildman–Crippen LogP) is 5.81. The molecule has 18 heavy (non-hydrogen) atoms. The highest BCUT2D eigenvalue weighted by Gasteiger charge is 1.95. The zero-order chi connectivity index (χ0) is 13.1. The van der Waals surface area contributed by atoms with E-state index in [0.717, 1.165) is 12.4 Å². The molecule has 2 heteroatoms. The Balaban J connectivity index is 1.92. The van der Waals surface area contributed by atoms with E-state index >= 15 is 0 Å². The molecule has 0 fully saturated rings. The second kappa shape index (κ2) is 10.7. The molecule has 0 heterocycles. The smallest absolute Gasteiger partial charge is 0.120 e. The van der Waals surface area contributed by atoms with Crippen molar-refractivity contribution in [3.63, 3.8) is 0 Å². The minimum atomic E-state index is 0.856. The van der Waals surface area contributed by atoms with Crippen molar-refractivity contribution in [3.05, 3.63) is 27.8 Å². The maximum atomic E-state index is 5.73. The number of benzene rings is 1. The molecule has 1 nitrogen and oxygen atoms in total. The van der Waals surface area contributed by atoms with Gasteiger partial charge in [0.05, 0.1) is 6.61 Å². The second-order valence-corrected chi connectivity index (χ2v) is 6.03. The molecule has 102 valence electrons. The van der Waals surface area contributed by atoms with Gasteiger partial charge in [-0.3, -0.25) is 0 Å². The Morgan fingerprint density at radius 2 is 1.61 bits per heavy atom. The minimum absolute atomic E-state index is 0.856. The summed E-state index contributed by atoms with van der Waals surface area (Å²) >= 11 is 2.32. The van der Waals surface area contributed by atoms with Crippen LogP contribution in [0.15, 0.2) is 24.3 Å². The number of rotatable bonds is 10. The monoisotopic (exact) mass is 360 g/mol. The normalized spacial score (nSPS) is 10.6. The van der Waals surface area contributed by atoms with Gasteiger partial charge < -0.3 is 4.74 Å². The molecule has 0 aliphatic rings. The van der Waals surface area contributed by atoms with Crippen LogP contribution in [0.5, 0.6) is 5.75 Å². The zero-order valence-corrected chi connectivity index (χ0v) is 13.6. The highest BCUT2D eigenvalue weighted by atomic mass is 127. The Morgan fingerprint density at radius 3 is 2.28 bits per heavy atom. The van der Waals surface area contributed by atoms with Gasteiger partial charge in [0.1, 0.15) is 5.75 Å². The fraction of sp³-hybridized carbons (Fsp3) is 0.625. The summed E-state index contributed by atoms with van der Waals surface area (Å²) in [5.41, 5.74) is 0. The average Bonchev–Trinajstić information content (AvgIpc) is 2.37. The molecular weight excluding hydrogens is 335 g/mol. The van der Waals surface area contributed by atoms with E-state index in [1.54, 1.807) is 0 Å².